The zero-order chi connectivity index (χ0) is 14.3. The van der Waals surface area contributed by atoms with E-state index in [1.807, 2.05) is 0 Å². The maximum atomic E-state index is 11.8. The maximum absolute atomic E-state index is 11.8. The first kappa shape index (κ1) is 15.2. The molecular formula is C13H21N3O3. The van der Waals surface area contributed by atoms with Gasteiger partial charge in [-0.1, -0.05) is 25.9 Å². The van der Waals surface area contributed by atoms with Crippen molar-refractivity contribution >= 4 is 17.6 Å². The number of aromatic nitrogens is 1. The van der Waals surface area contributed by atoms with Gasteiger partial charge >= 0.3 is 0 Å². The summed E-state index contributed by atoms with van der Waals surface area (Å²) in [6, 6.07) is 1.55. The molecule has 0 saturated heterocycles. The number of amides is 2. The second-order valence-electron chi connectivity index (χ2n) is 4.78. The van der Waals surface area contributed by atoms with Crippen molar-refractivity contribution in [3.8, 4) is 0 Å². The van der Waals surface area contributed by atoms with E-state index in [-0.39, 0.29) is 18.4 Å². The predicted molar refractivity (Wildman–Crippen MR) is 71.5 cm³/mol. The Labute approximate surface area is 113 Å². The van der Waals surface area contributed by atoms with E-state index in [0.717, 1.165) is 6.42 Å². The van der Waals surface area contributed by atoms with Crippen LogP contribution in [0.4, 0.5) is 5.82 Å². The Kier molecular flexibility index (Phi) is 6.05. The molecule has 1 heterocycles. The molecule has 0 unspecified atom stereocenters. The fourth-order valence-corrected chi connectivity index (χ4v) is 1.56. The van der Waals surface area contributed by atoms with Gasteiger partial charge in [-0.2, -0.15) is 0 Å². The fraction of sp³-hybridized carbons (Fsp3) is 0.615. The minimum absolute atomic E-state index is 0.0176. The van der Waals surface area contributed by atoms with Crippen molar-refractivity contribution in [1.29, 1.82) is 0 Å². The van der Waals surface area contributed by atoms with Gasteiger partial charge in [0.2, 0.25) is 11.8 Å². The quantitative estimate of drug-likeness (QED) is 0.818. The number of rotatable bonds is 7. The largest absolute Gasteiger partial charge is 0.363 e. The zero-order valence-corrected chi connectivity index (χ0v) is 11.7. The van der Waals surface area contributed by atoms with E-state index in [4.69, 9.17) is 0 Å². The molecule has 2 amide bonds. The lowest BCUT2D eigenvalue weighted by Gasteiger charge is -2.22. The van der Waals surface area contributed by atoms with Gasteiger partial charge in [0.05, 0.1) is 6.54 Å². The van der Waals surface area contributed by atoms with Crippen LogP contribution in [0.3, 0.4) is 0 Å². The number of nitrogens with zero attached hydrogens (tertiary/aromatic N) is 2. The zero-order valence-electron chi connectivity index (χ0n) is 11.7. The lowest BCUT2D eigenvalue weighted by Crippen LogP contribution is -2.38. The molecule has 0 spiro atoms. The SMILES string of the molecule is CCC(=O)N(CCC(C)C)CC(=O)Nc1ccon1. The molecule has 106 valence electrons. The van der Waals surface area contributed by atoms with Gasteiger partial charge in [-0.3, -0.25) is 9.59 Å². The molecule has 19 heavy (non-hydrogen) atoms. The fourth-order valence-electron chi connectivity index (χ4n) is 1.56. The van der Waals surface area contributed by atoms with E-state index < -0.39 is 0 Å². The second-order valence-corrected chi connectivity index (χ2v) is 4.78. The van der Waals surface area contributed by atoms with Gasteiger partial charge in [0.15, 0.2) is 5.82 Å². The van der Waals surface area contributed by atoms with Gasteiger partial charge < -0.3 is 14.7 Å². The molecule has 1 aromatic rings. The lowest BCUT2D eigenvalue weighted by molar-refractivity contribution is -0.134. The average molecular weight is 267 g/mol. The van der Waals surface area contributed by atoms with Gasteiger partial charge in [0.1, 0.15) is 6.26 Å². The highest BCUT2D eigenvalue weighted by Gasteiger charge is 2.16. The highest BCUT2D eigenvalue weighted by Crippen LogP contribution is 2.05. The number of anilines is 1. The van der Waals surface area contributed by atoms with Crippen molar-refractivity contribution in [2.24, 2.45) is 5.92 Å². The summed E-state index contributed by atoms with van der Waals surface area (Å²) in [6.45, 7) is 6.61. The monoisotopic (exact) mass is 267 g/mol. The first-order valence-electron chi connectivity index (χ1n) is 6.51. The highest BCUT2D eigenvalue weighted by molar-refractivity contribution is 5.93. The van der Waals surface area contributed by atoms with Gasteiger partial charge in [-0.15, -0.1) is 0 Å². The molecule has 6 heteroatoms. The maximum Gasteiger partial charge on any atom is 0.245 e. The minimum atomic E-state index is -0.264. The van der Waals surface area contributed by atoms with Gasteiger partial charge in [0.25, 0.3) is 0 Å². The number of hydrogen-bond acceptors (Lipinski definition) is 4. The third kappa shape index (κ3) is 5.54. The molecule has 1 aromatic heterocycles. The van der Waals surface area contributed by atoms with Crippen molar-refractivity contribution in [1.82, 2.24) is 10.1 Å². The third-order valence-electron chi connectivity index (χ3n) is 2.67. The van der Waals surface area contributed by atoms with Crippen LogP contribution in [0.2, 0.25) is 0 Å². The predicted octanol–water partition coefficient (Wildman–Crippen LogP) is 1.90. The van der Waals surface area contributed by atoms with Gasteiger partial charge in [-0.05, 0) is 12.3 Å². The van der Waals surface area contributed by atoms with E-state index in [1.54, 1.807) is 17.9 Å². The van der Waals surface area contributed by atoms with Crippen LogP contribution in [0, 0.1) is 5.92 Å². The van der Waals surface area contributed by atoms with E-state index in [2.05, 4.69) is 28.8 Å². The van der Waals surface area contributed by atoms with Crippen LogP contribution < -0.4 is 5.32 Å². The number of carbonyl (C=O) groups is 2. The Bertz CT molecular complexity index is 401. The molecule has 0 aliphatic carbocycles. The van der Waals surface area contributed by atoms with E-state index in [9.17, 15) is 9.59 Å². The first-order valence-corrected chi connectivity index (χ1v) is 6.51. The van der Waals surface area contributed by atoms with Gasteiger partial charge in [-0.25, -0.2) is 0 Å². The number of carbonyl (C=O) groups excluding carboxylic acids is 2. The summed E-state index contributed by atoms with van der Waals surface area (Å²) in [5.74, 6) is 0.568. The van der Waals surface area contributed by atoms with Gasteiger partial charge in [0, 0.05) is 19.0 Å². The Balaban J connectivity index is 2.51. The Morgan fingerprint density at radius 2 is 2.21 bits per heavy atom. The number of nitrogens with one attached hydrogen (secondary N) is 1. The molecule has 0 aliphatic rings. The molecule has 1 N–H and O–H groups in total. The Hall–Kier alpha value is -1.85. The summed E-state index contributed by atoms with van der Waals surface area (Å²) in [4.78, 5) is 25.2. The van der Waals surface area contributed by atoms with Crippen molar-refractivity contribution in [2.75, 3.05) is 18.4 Å². The van der Waals surface area contributed by atoms with Crippen molar-refractivity contribution in [2.45, 2.75) is 33.6 Å². The summed E-state index contributed by atoms with van der Waals surface area (Å²) < 4.78 is 4.62. The molecule has 0 saturated carbocycles. The smallest absolute Gasteiger partial charge is 0.245 e. The summed E-state index contributed by atoms with van der Waals surface area (Å²) in [5.41, 5.74) is 0. The summed E-state index contributed by atoms with van der Waals surface area (Å²) in [7, 11) is 0. The van der Waals surface area contributed by atoms with Crippen LogP contribution in [0.25, 0.3) is 0 Å². The van der Waals surface area contributed by atoms with Crippen molar-refractivity contribution < 1.29 is 14.1 Å². The van der Waals surface area contributed by atoms with Crippen LogP contribution in [-0.2, 0) is 9.59 Å². The Morgan fingerprint density at radius 3 is 2.74 bits per heavy atom. The summed E-state index contributed by atoms with van der Waals surface area (Å²) in [6.07, 6.45) is 2.65. The molecule has 0 bridgehead atoms. The van der Waals surface area contributed by atoms with Crippen molar-refractivity contribution in [3.63, 3.8) is 0 Å². The minimum Gasteiger partial charge on any atom is -0.363 e. The van der Waals surface area contributed by atoms with Crippen molar-refractivity contribution in [3.05, 3.63) is 12.3 Å². The average Bonchev–Trinajstić information content (AvgIpc) is 2.85. The summed E-state index contributed by atoms with van der Waals surface area (Å²) >= 11 is 0. The molecule has 1 rings (SSSR count). The van der Waals surface area contributed by atoms with E-state index in [0.29, 0.717) is 24.7 Å². The molecule has 6 nitrogen and oxygen atoms in total. The molecular weight excluding hydrogens is 246 g/mol. The first-order chi connectivity index (χ1) is 9.02. The topological polar surface area (TPSA) is 75.4 Å². The second kappa shape index (κ2) is 7.56. The molecule has 0 aromatic carbocycles. The van der Waals surface area contributed by atoms with E-state index in [1.165, 1.54) is 6.26 Å². The molecule has 0 fully saturated rings. The number of hydrogen-bond donors (Lipinski definition) is 1. The van der Waals surface area contributed by atoms with Crippen LogP contribution in [0.5, 0.6) is 0 Å². The molecule has 0 aliphatic heterocycles. The highest BCUT2D eigenvalue weighted by atomic mass is 16.5. The Morgan fingerprint density at radius 1 is 1.47 bits per heavy atom. The summed E-state index contributed by atoms with van der Waals surface area (Å²) in [5, 5.41) is 6.17. The normalized spacial score (nSPS) is 10.5. The third-order valence-corrected chi connectivity index (χ3v) is 2.67. The van der Waals surface area contributed by atoms with E-state index >= 15 is 0 Å². The van der Waals surface area contributed by atoms with Crippen LogP contribution in [0.15, 0.2) is 16.9 Å². The van der Waals surface area contributed by atoms with Crippen LogP contribution in [-0.4, -0.2) is 35.0 Å². The molecule has 0 atom stereocenters. The molecule has 0 radical (unpaired) electrons. The standard InChI is InChI=1S/C13H21N3O3/c1-4-13(18)16(7-5-10(2)3)9-12(17)14-11-6-8-19-15-11/h6,8,10H,4-5,7,9H2,1-3H3,(H,14,15,17). The lowest BCUT2D eigenvalue weighted by atomic mass is 10.1. The van der Waals surface area contributed by atoms with Crippen LogP contribution in [0.1, 0.15) is 33.6 Å². The van der Waals surface area contributed by atoms with Crippen LogP contribution >= 0.6 is 0 Å².